The van der Waals surface area contributed by atoms with Crippen LogP contribution in [0.3, 0.4) is 0 Å². The van der Waals surface area contributed by atoms with Gasteiger partial charge in [0.1, 0.15) is 23.4 Å². The monoisotopic (exact) mass is 570 g/mol. The Morgan fingerprint density at radius 3 is 2.39 bits per heavy atom. The normalized spacial score (nSPS) is 47.7. The van der Waals surface area contributed by atoms with E-state index in [1.54, 1.807) is 26.0 Å². The second kappa shape index (κ2) is 8.99. The molecule has 4 aliphatic carbocycles. The number of esters is 3. The van der Waals surface area contributed by atoms with E-state index in [0.717, 1.165) is 5.57 Å². The smallest absolute Gasteiger partial charge is 0.334 e. The van der Waals surface area contributed by atoms with Crippen LogP contribution in [-0.4, -0.2) is 64.4 Å². The fourth-order valence-electron chi connectivity index (χ4n) is 10.2. The van der Waals surface area contributed by atoms with Gasteiger partial charge in [-0.1, -0.05) is 12.5 Å². The maximum absolute atomic E-state index is 13.7. The van der Waals surface area contributed by atoms with Crippen LogP contribution < -0.4 is 0 Å². The molecule has 1 spiro atoms. The molecule has 1 N–H and O–H groups in total. The van der Waals surface area contributed by atoms with Crippen molar-refractivity contribution in [3.63, 3.8) is 0 Å². The average Bonchev–Trinajstić information content (AvgIpc) is 3.52. The number of hydrogen-bond donors (Lipinski definition) is 1. The minimum atomic E-state index is -1.46. The summed E-state index contributed by atoms with van der Waals surface area (Å²) in [5, 5.41) is 12.3. The molecule has 0 amide bonds. The first kappa shape index (κ1) is 28.6. The lowest BCUT2D eigenvalue weighted by Crippen LogP contribution is -2.65. The number of carbonyl (C=O) groups is 4. The largest absolute Gasteiger partial charge is 0.462 e. The van der Waals surface area contributed by atoms with Crippen molar-refractivity contribution in [1.82, 2.24) is 0 Å². The van der Waals surface area contributed by atoms with Crippen molar-refractivity contribution in [3.8, 4) is 0 Å². The number of ketones is 1. The second-order valence-corrected chi connectivity index (χ2v) is 14.1. The molecule has 6 aliphatic rings. The van der Waals surface area contributed by atoms with E-state index in [4.69, 9.17) is 18.9 Å². The van der Waals surface area contributed by atoms with E-state index in [2.05, 4.69) is 6.92 Å². The van der Waals surface area contributed by atoms with Gasteiger partial charge < -0.3 is 24.1 Å². The number of fused-ring (bicyclic) bond motifs is 4. The fourth-order valence-corrected chi connectivity index (χ4v) is 10.2. The zero-order chi connectivity index (χ0) is 29.9. The van der Waals surface area contributed by atoms with E-state index in [-0.39, 0.29) is 29.6 Å². The Bertz CT molecular complexity index is 1280. The van der Waals surface area contributed by atoms with Crippen molar-refractivity contribution < 1.29 is 43.2 Å². The van der Waals surface area contributed by atoms with E-state index in [1.165, 1.54) is 13.8 Å². The quantitative estimate of drug-likeness (QED) is 0.306. The van der Waals surface area contributed by atoms with E-state index in [1.807, 2.05) is 13.8 Å². The minimum absolute atomic E-state index is 0.00784. The molecule has 12 atom stereocenters. The summed E-state index contributed by atoms with van der Waals surface area (Å²) in [4.78, 5) is 50.7. The summed E-state index contributed by atoms with van der Waals surface area (Å²) in [6, 6.07) is 0. The lowest BCUT2D eigenvalue weighted by Gasteiger charge is -2.58. The Morgan fingerprint density at radius 1 is 1.07 bits per heavy atom. The van der Waals surface area contributed by atoms with Crippen molar-refractivity contribution >= 4 is 23.7 Å². The molecule has 2 heterocycles. The van der Waals surface area contributed by atoms with Gasteiger partial charge in [-0.15, -0.1) is 0 Å². The van der Waals surface area contributed by atoms with Crippen LogP contribution in [-0.2, 0) is 38.1 Å². The van der Waals surface area contributed by atoms with Gasteiger partial charge in [-0.25, -0.2) is 4.79 Å². The summed E-state index contributed by atoms with van der Waals surface area (Å²) in [5.41, 5.74) is -2.20. The van der Waals surface area contributed by atoms with E-state index in [9.17, 15) is 24.3 Å². The summed E-state index contributed by atoms with van der Waals surface area (Å²) in [7, 11) is 0. The van der Waals surface area contributed by atoms with E-state index in [0.29, 0.717) is 37.7 Å². The summed E-state index contributed by atoms with van der Waals surface area (Å²) in [5.74, 6) is -1.67. The first-order chi connectivity index (χ1) is 19.1. The van der Waals surface area contributed by atoms with Gasteiger partial charge in [0, 0.05) is 31.8 Å². The molecule has 9 nitrogen and oxygen atoms in total. The van der Waals surface area contributed by atoms with Gasteiger partial charge in [-0.2, -0.15) is 0 Å². The standard InChI is InChI=1S/C32H42O9/c1-15-12-25(40-28(36)16(15)2)31(7,37)27-22(38-17(3)33)14-21-19-13-26-32(41-26)24(39-18(4)34)9-8-23(35)30(32,6)20(19)10-11-29(21,27)5/h8-9,19-22,24-27,37H,10-14H2,1-7H3/t19-,20+,21+,22+,24+,25-,26-,27+,29+,30+,31+,32-/m1/s1. The Morgan fingerprint density at radius 2 is 1.76 bits per heavy atom. The van der Waals surface area contributed by atoms with Crippen molar-refractivity contribution in [2.24, 2.45) is 34.5 Å². The minimum Gasteiger partial charge on any atom is -0.462 e. The highest BCUT2D eigenvalue weighted by Gasteiger charge is 2.82. The predicted molar refractivity (Wildman–Crippen MR) is 145 cm³/mol. The second-order valence-electron chi connectivity index (χ2n) is 14.1. The summed E-state index contributed by atoms with van der Waals surface area (Å²) in [6.45, 7) is 12.2. The molecule has 41 heavy (non-hydrogen) atoms. The van der Waals surface area contributed by atoms with Gasteiger partial charge >= 0.3 is 17.9 Å². The van der Waals surface area contributed by atoms with Gasteiger partial charge in [0.15, 0.2) is 11.9 Å². The number of epoxide rings is 1. The third-order valence-electron chi connectivity index (χ3n) is 12.2. The molecule has 0 unspecified atom stereocenters. The first-order valence-corrected chi connectivity index (χ1v) is 14.9. The SMILES string of the molecule is CC(=O)O[C@H]1C[C@H]2[C@@H]3C[C@H]4O[C@]45[C@@H](OC(C)=O)C=CC(=O)[C@]5(C)[C@H]3CC[C@]2(C)[C@H]1[C@@](C)(O)[C@H]1CC(C)=C(C)C(=O)O1. The molecule has 0 bridgehead atoms. The molecule has 9 heteroatoms. The van der Waals surface area contributed by atoms with Crippen LogP contribution in [0.5, 0.6) is 0 Å². The maximum atomic E-state index is 13.7. The molecule has 0 aromatic heterocycles. The van der Waals surface area contributed by atoms with Gasteiger partial charge in [0.2, 0.25) is 0 Å². The predicted octanol–water partition coefficient (Wildman–Crippen LogP) is 3.61. The number of hydrogen-bond acceptors (Lipinski definition) is 9. The van der Waals surface area contributed by atoms with Gasteiger partial charge in [0.25, 0.3) is 0 Å². The van der Waals surface area contributed by atoms with Crippen molar-refractivity contribution in [3.05, 3.63) is 23.3 Å². The van der Waals surface area contributed by atoms with Crippen LogP contribution in [0.25, 0.3) is 0 Å². The lowest BCUT2D eigenvalue weighted by atomic mass is 9.44. The maximum Gasteiger partial charge on any atom is 0.334 e. The van der Waals surface area contributed by atoms with Crippen LogP contribution in [0.1, 0.15) is 80.6 Å². The zero-order valence-electron chi connectivity index (χ0n) is 25.0. The molecule has 0 aromatic rings. The molecular weight excluding hydrogens is 528 g/mol. The molecule has 4 fully saturated rings. The molecular formula is C32H42O9. The number of aliphatic hydroxyl groups is 1. The highest BCUT2D eigenvalue weighted by Crippen LogP contribution is 2.73. The zero-order valence-corrected chi connectivity index (χ0v) is 25.0. The molecule has 1 saturated heterocycles. The van der Waals surface area contributed by atoms with Crippen LogP contribution in [0.15, 0.2) is 23.3 Å². The number of rotatable bonds is 4. The molecule has 3 saturated carbocycles. The van der Waals surface area contributed by atoms with Crippen molar-refractivity contribution in [1.29, 1.82) is 0 Å². The Kier molecular flexibility index (Phi) is 6.27. The highest BCUT2D eigenvalue weighted by molar-refractivity contribution is 5.98. The molecule has 224 valence electrons. The topological polar surface area (TPSA) is 129 Å². The molecule has 0 aromatic carbocycles. The van der Waals surface area contributed by atoms with Gasteiger partial charge in [-0.3, -0.25) is 14.4 Å². The summed E-state index contributed by atoms with van der Waals surface area (Å²) in [6.07, 6.45) is 4.07. The van der Waals surface area contributed by atoms with Crippen LogP contribution in [0, 0.1) is 34.5 Å². The van der Waals surface area contributed by atoms with E-state index >= 15 is 0 Å². The average molecular weight is 571 g/mol. The van der Waals surface area contributed by atoms with Crippen LogP contribution >= 0.6 is 0 Å². The summed E-state index contributed by atoms with van der Waals surface area (Å²) >= 11 is 0. The Balaban J connectivity index is 1.37. The highest BCUT2D eigenvalue weighted by atomic mass is 16.7. The van der Waals surface area contributed by atoms with Crippen LogP contribution in [0.2, 0.25) is 0 Å². The molecule has 2 aliphatic heterocycles. The summed E-state index contributed by atoms with van der Waals surface area (Å²) < 4.78 is 23.8. The third kappa shape index (κ3) is 3.73. The van der Waals surface area contributed by atoms with Crippen molar-refractivity contribution in [2.75, 3.05) is 0 Å². The van der Waals surface area contributed by atoms with E-state index < -0.39 is 64.2 Å². The Hall–Kier alpha value is -2.52. The first-order valence-electron chi connectivity index (χ1n) is 14.9. The number of ether oxygens (including phenoxy) is 4. The number of cyclic esters (lactones) is 1. The van der Waals surface area contributed by atoms with Crippen molar-refractivity contribution in [2.45, 2.75) is 116 Å². The Labute approximate surface area is 241 Å². The number of allylic oxidation sites excluding steroid dienone is 1. The van der Waals surface area contributed by atoms with Gasteiger partial charge in [-0.05, 0) is 88.7 Å². The lowest BCUT2D eigenvalue weighted by molar-refractivity contribution is -0.198. The molecule has 6 rings (SSSR count). The van der Waals surface area contributed by atoms with Crippen LogP contribution in [0.4, 0.5) is 0 Å². The molecule has 0 radical (unpaired) electrons. The third-order valence-corrected chi connectivity index (χ3v) is 12.2. The fraction of sp³-hybridized carbons (Fsp3) is 0.750. The number of carbonyl (C=O) groups excluding carboxylic acids is 4. The van der Waals surface area contributed by atoms with Gasteiger partial charge in [0.05, 0.1) is 11.5 Å².